The summed E-state index contributed by atoms with van der Waals surface area (Å²) < 4.78 is 7.24. The van der Waals surface area contributed by atoms with Crippen LogP contribution in [-0.4, -0.2) is 43.6 Å². The highest BCUT2D eigenvalue weighted by atomic mass is 16.3. The number of amides is 1. The lowest BCUT2D eigenvalue weighted by Crippen LogP contribution is -2.38. The second-order valence-electron chi connectivity index (χ2n) is 6.52. The van der Waals surface area contributed by atoms with Gasteiger partial charge in [0.05, 0.1) is 5.69 Å². The van der Waals surface area contributed by atoms with Crippen LogP contribution in [0, 0.1) is 12.3 Å². The summed E-state index contributed by atoms with van der Waals surface area (Å²) >= 11 is 0. The molecule has 1 aliphatic heterocycles. The van der Waals surface area contributed by atoms with E-state index in [4.69, 9.17) is 4.42 Å². The second kappa shape index (κ2) is 4.66. The molecule has 2 aliphatic rings. The minimum absolute atomic E-state index is 0.0639. The molecule has 1 saturated carbocycles. The summed E-state index contributed by atoms with van der Waals surface area (Å²) in [5, 5.41) is 8.29. The van der Waals surface area contributed by atoms with E-state index in [1.165, 1.54) is 12.8 Å². The van der Waals surface area contributed by atoms with Gasteiger partial charge in [-0.2, -0.15) is 0 Å². The Morgan fingerprint density at radius 3 is 2.82 bits per heavy atom. The van der Waals surface area contributed by atoms with Gasteiger partial charge in [-0.3, -0.25) is 4.79 Å². The normalized spacial score (nSPS) is 23.0. The molecule has 116 valence electrons. The van der Waals surface area contributed by atoms with E-state index in [9.17, 15) is 4.79 Å². The molecule has 1 saturated heterocycles. The third-order valence-corrected chi connectivity index (χ3v) is 5.28. The van der Waals surface area contributed by atoms with Gasteiger partial charge in [0.25, 0.3) is 5.91 Å². The summed E-state index contributed by atoms with van der Waals surface area (Å²) in [5.74, 6) is 1.52. The van der Waals surface area contributed by atoms with Gasteiger partial charge in [-0.15, -0.1) is 10.2 Å². The molecule has 2 aromatic heterocycles. The highest BCUT2D eigenvalue weighted by Gasteiger charge is 2.53. The molecule has 3 heterocycles. The van der Waals surface area contributed by atoms with Crippen LogP contribution >= 0.6 is 0 Å². The summed E-state index contributed by atoms with van der Waals surface area (Å²) in [4.78, 5) is 18.6. The predicted octanol–water partition coefficient (Wildman–Crippen LogP) is 1.52. The first-order valence-electron chi connectivity index (χ1n) is 7.64. The van der Waals surface area contributed by atoms with Crippen LogP contribution in [0.4, 0.5) is 0 Å². The first-order valence-corrected chi connectivity index (χ1v) is 7.64. The predicted molar refractivity (Wildman–Crippen MR) is 77.2 cm³/mol. The van der Waals surface area contributed by atoms with E-state index in [1.54, 1.807) is 13.3 Å². The van der Waals surface area contributed by atoms with Crippen molar-refractivity contribution in [2.24, 2.45) is 12.5 Å². The molecular formula is C15H19N5O2. The van der Waals surface area contributed by atoms with E-state index in [0.717, 1.165) is 25.2 Å². The fraction of sp³-hybridized carbons (Fsp3) is 0.600. The van der Waals surface area contributed by atoms with Gasteiger partial charge in [-0.1, -0.05) is 6.42 Å². The summed E-state index contributed by atoms with van der Waals surface area (Å²) in [6.07, 6.45) is 6.57. The molecule has 2 fully saturated rings. The average Bonchev–Trinajstić information content (AvgIpc) is 3.14. The van der Waals surface area contributed by atoms with Gasteiger partial charge < -0.3 is 13.9 Å². The fourth-order valence-electron chi connectivity index (χ4n) is 3.88. The van der Waals surface area contributed by atoms with Crippen LogP contribution in [0.15, 0.2) is 17.1 Å². The van der Waals surface area contributed by atoms with E-state index in [2.05, 4.69) is 15.2 Å². The summed E-state index contributed by atoms with van der Waals surface area (Å²) in [6.45, 7) is 3.24. The maximum atomic E-state index is 12.7. The minimum Gasteiger partial charge on any atom is -0.438 e. The van der Waals surface area contributed by atoms with E-state index in [1.807, 2.05) is 16.5 Å². The lowest BCUT2D eigenvalue weighted by Gasteiger charge is -2.42. The number of likely N-dealkylation sites (tertiary alicyclic amines) is 1. The molecule has 0 aromatic carbocycles. The van der Waals surface area contributed by atoms with Crippen molar-refractivity contribution in [1.29, 1.82) is 0 Å². The van der Waals surface area contributed by atoms with Gasteiger partial charge in [0.1, 0.15) is 12.2 Å². The van der Waals surface area contributed by atoms with Crippen LogP contribution in [0.5, 0.6) is 0 Å². The van der Waals surface area contributed by atoms with Crippen LogP contribution in [-0.2, 0) is 7.05 Å². The number of aryl methyl sites for hydroxylation is 2. The van der Waals surface area contributed by atoms with Crippen LogP contribution in [0.3, 0.4) is 0 Å². The Kier molecular flexibility index (Phi) is 2.85. The molecule has 0 radical (unpaired) electrons. The van der Waals surface area contributed by atoms with E-state index in [-0.39, 0.29) is 17.2 Å². The number of carbonyl (C=O) groups excluding carboxylic acids is 1. The molecule has 2 aromatic rings. The third kappa shape index (κ3) is 1.81. The first-order chi connectivity index (χ1) is 10.6. The lowest BCUT2D eigenvalue weighted by atomic mass is 9.62. The van der Waals surface area contributed by atoms with Crippen LogP contribution in [0.2, 0.25) is 0 Å². The number of hydrogen-bond acceptors (Lipinski definition) is 5. The number of oxazole rings is 1. The van der Waals surface area contributed by atoms with Gasteiger partial charge >= 0.3 is 0 Å². The highest BCUT2D eigenvalue weighted by molar-refractivity contribution is 5.92. The number of nitrogens with zero attached hydrogens (tertiary/aromatic N) is 5. The largest absolute Gasteiger partial charge is 0.438 e. The molecule has 1 atom stereocenters. The standard InChI is InChI=1S/C15H19N5O2/c1-10-12(22-9-16-10)14(21)20-6-11(13-18-17-8-19(13)2)15(7-20)4-3-5-15/h8-9,11H,3-7H2,1-2H3. The Morgan fingerprint density at radius 1 is 1.45 bits per heavy atom. The van der Waals surface area contributed by atoms with E-state index in [0.29, 0.717) is 18.0 Å². The molecule has 7 heteroatoms. The van der Waals surface area contributed by atoms with Crippen molar-refractivity contribution in [3.05, 3.63) is 30.0 Å². The van der Waals surface area contributed by atoms with Gasteiger partial charge in [0.15, 0.2) is 6.39 Å². The van der Waals surface area contributed by atoms with Crippen molar-refractivity contribution in [1.82, 2.24) is 24.6 Å². The molecule has 1 aliphatic carbocycles. The Hall–Kier alpha value is -2.18. The molecule has 1 amide bonds. The average molecular weight is 301 g/mol. The number of aromatic nitrogens is 4. The van der Waals surface area contributed by atoms with E-state index < -0.39 is 0 Å². The van der Waals surface area contributed by atoms with Crippen molar-refractivity contribution >= 4 is 5.91 Å². The molecule has 7 nitrogen and oxygen atoms in total. The summed E-state index contributed by atoms with van der Waals surface area (Å²) in [7, 11) is 1.97. The Labute approximate surface area is 128 Å². The number of rotatable bonds is 2. The maximum Gasteiger partial charge on any atom is 0.291 e. The molecule has 0 N–H and O–H groups in total. The fourth-order valence-corrected chi connectivity index (χ4v) is 3.88. The smallest absolute Gasteiger partial charge is 0.291 e. The third-order valence-electron chi connectivity index (χ3n) is 5.28. The van der Waals surface area contributed by atoms with Crippen molar-refractivity contribution in [2.45, 2.75) is 32.1 Å². The van der Waals surface area contributed by atoms with Gasteiger partial charge in [0, 0.05) is 26.1 Å². The Bertz CT molecular complexity index is 715. The number of hydrogen-bond donors (Lipinski definition) is 0. The quantitative estimate of drug-likeness (QED) is 0.840. The van der Waals surface area contributed by atoms with Gasteiger partial charge in [-0.25, -0.2) is 4.98 Å². The minimum atomic E-state index is -0.0639. The molecular weight excluding hydrogens is 282 g/mol. The highest BCUT2D eigenvalue weighted by Crippen LogP contribution is 2.55. The summed E-state index contributed by atoms with van der Waals surface area (Å²) in [5.41, 5.74) is 0.805. The maximum absolute atomic E-state index is 12.7. The number of carbonyl (C=O) groups is 1. The van der Waals surface area contributed by atoms with E-state index >= 15 is 0 Å². The second-order valence-corrected chi connectivity index (χ2v) is 6.52. The zero-order valence-electron chi connectivity index (χ0n) is 12.8. The molecule has 1 unspecified atom stereocenters. The van der Waals surface area contributed by atoms with Crippen molar-refractivity contribution in [3.8, 4) is 0 Å². The SMILES string of the molecule is Cc1ncoc1C(=O)N1CC(c2nncn2C)C2(CCC2)C1. The van der Waals surface area contributed by atoms with Crippen LogP contribution < -0.4 is 0 Å². The monoisotopic (exact) mass is 301 g/mol. The summed E-state index contributed by atoms with van der Waals surface area (Å²) in [6, 6.07) is 0. The van der Waals surface area contributed by atoms with Gasteiger partial charge in [-0.05, 0) is 25.2 Å². The van der Waals surface area contributed by atoms with Gasteiger partial charge in [0.2, 0.25) is 5.76 Å². The zero-order chi connectivity index (χ0) is 15.3. The molecule has 0 bridgehead atoms. The van der Waals surface area contributed by atoms with Crippen molar-refractivity contribution in [2.75, 3.05) is 13.1 Å². The zero-order valence-corrected chi connectivity index (χ0v) is 12.8. The van der Waals surface area contributed by atoms with Crippen LogP contribution in [0.1, 0.15) is 47.3 Å². The van der Waals surface area contributed by atoms with Crippen molar-refractivity contribution < 1.29 is 9.21 Å². The Balaban J connectivity index is 1.64. The topological polar surface area (TPSA) is 77.1 Å². The Morgan fingerprint density at radius 2 is 2.27 bits per heavy atom. The van der Waals surface area contributed by atoms with Crippen molar-refractivity contribution in [3.63, 3.8) is 0 Å². The molecule has 4 rings (SSSR count). The first kappa shape index (κ1) is 13.5. The van der Waals surface area contributed by atoms with Crippen LogP contribution in [0.25, 0.3) is 0 Å². The lowest BCUT2D eigenvalue weighted by molar-refractivity contribution is 0.0693. The molecule has 1 spiro atoms. The molecule has 22 heavy (non-hydrogen) atoms.